The number of carboxylic acids is 1. The highest BCUT2D eigenvalue weighted by molar-refractivity contribution is 6.36. The van der Waals surface area contributed by atoms with Crippen LogP contribution in [0.2, 0.25) is 10.0 Å². The van der Waals surface area contributed by atoms with Crippen molar-refractivity contribution in [2.75, 3.05) is 0 Å². The van der Waals surface area contributed by atoms with E-state index in [2.05, 4.69) is 0 Å². The second-order valence-corrected chi connectivity index (χ2v) is 5.66. The van der Waals surface area contributed by atoms with Gasteiger partial charge < -0.3 is 5.11 Å². The average molecular weight is 301 g/mol. The summed E-state index contributed by atoms with van der Waals surface area (Å²) in [7, 11) is 0. The van der Waals surface area contributed by atoms with Gasteiger partial charge in [-0.1, -0.05) is 29.6 Å². The standard InChI is InChI=1S/C14H14Cl2O3/c15-9-6-11-10(12(16)7-9)5-8(14(11)19)3-1-2-4-13(17)18/h6-8H,1-5H2,(H,17,18). The van der Waals surface area contributed by atoms with Gasteiger partial charge in [0.15, 0.2) is 5.78 Å². The van der Waals surface area contributed by atoms with Crippen molar-refractivity contribution in [3.8, 4) is 0 Å². The van der Waals surface area contributed by atoms with Crippen LogP contribution in [0.25, 0.3) is 0 Å². The number of carbonyl (C=O) groups is 2. The van der Waals surface area contributed by atoms with E-state index in [0.29, 0.717) is 34.9 Å². The summed E-state index contributed by atoms with van der Waals surface area (Å²) < 4.78 is 0. The number of aliphatic carboxylic acids is 1. The van der Waals surface area contributed by atoms with Crippen LogP contribution in [0.5, 0.6) is 0 Å². The van der Waals surface area contributed by atoms with E-state index in [1.54, 1.807) is 12.1 Å². The lowest BCUT2D eigenvalue weighted by molar-refractivity contribution is -0.137. The van der Waals surface area contributed by atoms with E-state index in [-0.39, 0.29) is 18.1 Å². The topological polar surface area (TPSA) is 54.4 Å². The maximum Gasteiger partial charge on any atom is 0.303 e. The van der Waals surface area contributed by atoms with Crippen molar-refractivity contribution in [1.29, 1.82) is 0 Å². The Bertz CT molecular complexity index is 526. The quantitative estimate of drug-likeness (QED) is 0.836. The Morgan fingerprint density at radius 3 is 2.74 bits per heavy atom. The molecule has 0 aromatic heterocycles. The number of carboxylic acid groups (broad SMARTS) is 1. The van der Waals surface area contributed by atoms with Crippen LogP contribution < -0.4 is 0 Å². The van der Waals surface area contributed by atoms with Crippen LogP contribution in [0.3, 0.4) is 0 Å². The van der Waals surface area contributed by atoms with Crippen LogP contribution in [-0.2, 0) is 11.2 Å². The minimum atomic E-state index is -0.795. The average Bonchev–Trinajstić information content (AvgIpc) is 2.63. The van der Waals surface area contributed by atoms with E-state index in [1.807, 2.05) is 0 Å². The Balaban J connectivity index is 1.99. The molecule has 0 saturated carbocycles. The molecule has 0 saturated heterocycles. The number of halogens is 2. The van der Waals surface area contributed by atoms with Gasteiger partial charge in [-0.2, -0.15) is 0 Å². The molecule has 1 aliphatic carbocycles. The molecule has 1 aromatic rings. The van der Waals surface area contributed by atoms with Gasteiger partial charge in [-0.05, 0) is 37.0 Å². The fourth-order valence-corrected chi connectivity index (χ4v) is 3.06. The van der Waals surface area contributed by atoms with Gasteiger partial charge in [-0.15, -0.1) is 0 Å². The summed E-state index contributed by atoms with van der Waals surface area (Å²) >= 11 is 12.0. The molecule has 0 radical (unpaired) electrons. The molecule has 3 nitrogen and oxygen atoms in total. The van der Waals surface area contributed by atoms with E-state index in [0.717, 1.165) is 12.0 Å². The Morgan fingerprint density at radius 1 is 1.32 bits per heavy atom. The predicted octanol–water partition coefficient (Wildman–Crippen LogP) is 3.99. The largest absolute Gasteiger partial charge is 0.481 e. The van der Waals surface area contributed by atoms with E-state index in [9.17, 15) is 9.59 Å². The number of unbranched alkanes of at least 4 members (excludes halogenated alkanes) is 1. The number of rotatable bonds is 5. The van der Waals surface area contributed by atoms with Crippen LogP contribution in [0.4, 0.5) is 0 Å². The third-order valence-electron chi connectivity index (χ3n) is 3.44. The summed E-state index contributed by atoms with van der Waals surface area (Å²) in [6, 6.07) is 3.32. The molecule has 1 N–H and O–H groups in total. The fraction of sp³-hybridized carbons (Fsp3) is 0.429. The first-order valence-electron chi connectivity index (χ1n) is 6.23. The molecule has 1 aromatic carbocycles. The molecule has 1 atom stereocenters. The molecule has 0 spiro atoms. The van der Waals surface area contributed by atoms with E-state index < -0.39 is 5.97 Å². The molecule has 2 rings (SSSR count). The maximum atomic E-state index is 12.2. The molecule has 0 aliphatic heterocycles. The molecule has 5 heteroatoms. The van der Waals surface area contributed by atoms with Gasteiger partial charge in [0.2, 0.25) is 0 Å². The number of ketones is 1. The van der Waals surface area contributed by atoms with Gasteiger partial charge in [0.25, 0.3) is 0 Å². The lowest BCUT2D eigenvalue weighted by Gasteiger charge is -2.06. The summed E-state index contributed by atoms with van der Waals surface area (Å²) in [6.07, 6.45) is 2.83. The summed E-state index contributed by atoms with van der Waals surface area (Å²) in [5.41, 5.74) is 1.50. The molecule has 0 fully saturated rings. The zero-order valence-corrected chi connectivity index (χ0v) is 11.8. The van der Waals surface area contributed by atoms with Crippen LogP contribution in [-0.4, -0.2) is 16.9 Å². The number of hydrogen-bond donors (Lipinski definition) is 1. The van der Waals surface area contributed by atoms with E-state index in [1.165, 1.54) is 0 Å². The molecule has 0 bridgehead atoms. The first-order chi connectivity index (χ1) is 8.99. The van der Waals surface area contributed by atoms with Crippen molar-refractivity contribution in [1.82, 2.24) is 0 Å². The van der Waals surface area contributed by atoms with Gasteiger partial charge in [0, 0.05) is 27.9 Å². The number of fused-ring (bicyclic) bond motifs is 1. The van der Waals surface area contributed by atoms with Crippen molar-refractivity contribution >= 4 is 35.0 Å². The Hall–Kier alpha value is -1.06. The zero-order chi connectivity index (χ0) is 14.0. The molecular weight excluding hydrogens is 287 g/mol. The molecule has 1 unspecified atom stereocenters. The Kier molecular flexibility index (Phi) is 4.48. The zero-order valence-electron chi connectivity index (χ0n) is 10.3. The third-order valence-corrected chi connectivity index (χ3v) is 4.00. The van der Waals surface area contributed by atoms with Crippen LogP contribution in [0, 0.1) is 5.92 Å². The molecule has 1 aliphatic rings. The summed E-state index contributed by atoms with van der Waals surface area (Å²) in [5, 5.41) is 9.59. The molecule has 0 amide bonds. The van der Waals surface area contributed by atoms with Crippen LogP contribution >= 0.6 is 23.2 Å². The van der Waals surface area contributed by atoms with Gasteiger partial charge in [0.1, 0.15) is 0 Å². The fourth-order valence-electron chi connectivity index (χ4n) is 2.49. The maximum absolute atomic E-state index is 12.2. The highest BCUT2D eigenvalue weighted by Gasteiger charge is 2.31. The highest BCUT2D eigenvalue weighted by atomic mass is 35.5. The number of Topliss-reactive ketones (excluding diaryl/α,β-unsaturated/α-hetero) is 1. The second kappa shape index (κ2) is 5.93. The van der Waals surface area contributed by atoms with Crippen molar-refractivity contribution < 1.29 is 14.7 Å². The molecule has 19 heavy (non-hydrogen) atoms. The SMILES string of the molecule is O=C(O)CCCCC1Cc2c(Cl)cc(Cl)cc2C1=O. The Morgan fingerprint density at radius 2 is 2.05 bits per heavy atom. The number of hydrogen-bond acceptors (Lipinski definition) is 2. The smallest absolute Gasteiger partial charge is 0.303 e. The first-order valence-corrected chi connectivity index (χ1v) is 6.98. The highest BCUT2D eigenvalue weighted by Crippen LogP contribution is 2.36. The lowest BCUT2D eigenvalue weighted by Crippen LogP contribution is -2.09. The van der Waals surface area contributed by atoms with Crippen molar-refractivity contribution in [3.05, 3.63) is 33.3 Å². The normalized spacial score (nSPS) is 17.6. The van der Waals surface area contributed by atoms with Gasteiger partial charge in [0.05, 0.1) is 0 Å². The van der Waals surface area contributed by atoms with Crippen molar-refractivity contribution in [2.24, 2.45) is 5.92 Å². The monoisotopic (exact) mass is 300 g/mol. The van der Waals surface area contributed by atoms with Crippen molar-refractivity contribution in [2.45, 2.75) is 32.1 Å². The second-order valence-electron chi connectivity index (χ2n) is 4.82. The Labute approximate surface area is 121 Å². The van der Waals surface area contributed by atoms with Gasteiger partial charge >= 0.3 is 5.97 Å². The summed E-state index contributed by atoms with van der Waals surface area (Å²) in [5.74, 6) is -0.801. The third kappa shape index (κ3) is 3.28. The predicted molar refractivity (Wildman–Crippen MR) is 74.1 cm³/mol. The first kappa shape index (κ1) is 14.4. The lowest BCUT2D eigenvalue weighted by atomic mass is 9.97. The van der Waals surface area contributed by atoms with Crippen LogP contribution in [0.1, 0.15) is 41.6 Å². The molecule has 0 heterocycles. The summed E-state index contributed by atoms with van der Waals surface area (Å²) in [4.78, 5) is 22.6. The van der Waals surface area contributed by atoms with Gasteiger partial charge in [-0.25, -0.2) is 0 Å². The van der Waals surface area contributed by atoms with Crippen molar-refractivity contribution in [3.63, 3.8) is 0 Å². The number of carbonyl (C=O) groups excluding carboxylic acids is 1. The van der Waals surface area contributed by atoms with Gasteiger partial charge in [-0.3, -0.25) is 9.59 Å². The molecular formula is C14H14Cl2O3. The van der Waals surface area contributed by atoms with E-state index in [4.69, 9.17) is 28.3 Å². The van der Waals surface area contributed by atoms with E-state index >= 15 is 0 Å². The van der Waals surface area contributed by atoms with Crippen LogP contribution in [0.15, 0.2) is 12.1 Å². The summed E-state index contributed by atoms with van der Waals surface area (Å²) in [6.45, 7) is 0. The molecule has 102 valence electrons. The minimum Gasteiger partial charge on any atom is -0.481 e. The number of benzene rings is 1. The minimum absolute atomic E-state index is 0.0784.